The summed E-state index contributed by atoms with van der Waals surface area (Å²) in [7, 11) is 0. The van der Waals surface area contributed by atoms with Crippen molar-refractivity contribution < 1.29 is 4.74 Å². The number of hydrogen-bond donors (Lipinski definition) is 0. The molecule has 0 amide bonds. The lowest BCUT2D eigenvalue weighted by molar-refractivity contribution is 0.310. The molecule has 84 valence electrons. The molecule has 1 heterocycles. The summed E-state index contributed by atoms with van der Waals surface area (Å²) in [5.41, 5.74) is 1.40. The first-order valence-corrected chi connectivity index (χ1v) is 6.39. The highest BCUT2D eigenvalue weighted by molar-refractivity contribution is 7.10. The van der Waals surface area contributed by atoms with Crippen LogP contribution in [0, 0.1) is 0 Å². The van der Waals surface area contributed by atoms with E-state index in [4.69, 9.17) is 4.74 Å². The van der Waals surface area contributed by atoms with Crippen LogP contribution in [0.25, 0.3) is 0 Å². The van der Waals surface area contributed by atoms with Crippen LogP contribution < -0.4 is 4.74 Å². The predicted octanol–water partition coefficient (Wildman–Crippen LogP) is 4.45. The van der Waals surface area contributed by atoms with Gasteiger partial charge in [0.05, 0.1) is 0 Å². The highest BCUT2D eigenvalue weighted by Gasteiger charge is 2.03. The van der Waals surface area contributed by atoms with Crippen molar-refractivity contribution in [2.75, 3.05) is 0 Å². The Morgan fingerprint density at radius 2 is 1.94 bits per heavy atom. The fourth-order valence-electron chi connectivity index (χ4n) is 1.45. The molecule has 1 aromatic carbocycles. The summed E-state index contributed by atoms with van der Waals surface area (Å²) in [5, 5.41) is 2.22. The van der Waals surface area contributed by atoms with Crippen molar-refractivity contribution in [2.24, 2.45) is 0 Å². The molecule has 0 aliphatic rings. The second-order valence-electron chi connectivity index (χ2n) is 4.10. The highest BCUT2D eigenvalue weighted by atomic mass is 32.1. The van der Waals surface area contributed by atoms with E-state index in [0.29, 0.717) is 12.5 Å². The average molecular weight is 232 g/mol. The Hall–Kier alpha value is -1.28. The summed E-state index contributed by atoms with van der Waals surface area (Å²) >= 11 is 1.77. The lowest BCUT2D eigenvalue weighted by Gasteiger charge is -2.03. The molecular weight excluding hydrogens is 216 g/mol. The molecule has 0 bridgehead atoms. The van der Waals surface area contributed by atoms with Gasteiger partial charge >= 0.3 is 0 Å². The highest BCUT2D eigenvalue weighted by Crippen LogP contribution is 2.23. The summed E-state index contributed by atoms with van der Waals surface area (Å²) < 4.78 is 5.70. The quantitative estimate of drug-likeness (QED) is 0.756. The third-order valence-electron chi connectivity index (χ3n) is 2.47. The van der Waals surface area contributed by atoms with E-state index in [1.807, 2.05) is 30.3 Å². The molecule has 0 radical (unpaired) electrons. The number of benzene rings is 1. The maximum atomic E-state index is 5.70. The molecule has 0 unspecified atom stereocenters. The molecule has 0 fully saturated rings. The Balaban J connectivity index is 1.95. The molecule has 0 N–H and O–H groups in total. The van der Waals surface area contributed by atoms with Gasteiger partial charge in [-0.2, -0.15) is 0 Å². The number of para-hydroxylation sites is 1. The van der Waals surface area contributed by atoms with E-state index in [9.17, 15) is 0 Å². The van der Waals surface area contributed by atoms with Crippen molar-refractivity contribution in [3.05, 3.63) is 52.2 Å². The lowest BCUT2D eigenvalue weighted by Crippen LogP contribution is -1.92. The topological polar surface area (TPSA) is 9.23 Å². The maximum Gasteiger partial charge on any atom is 0.122 e. The van der Waals surface area contributed by atoms with Gasteiger partial charge in [0.15, 0.2) is 0 Å². The van der Waals surface area contributed by atoms with Crippen molar-refractivity contribution >= 4 is 11.3 Å². The van der Waals surface area contributed by atoms with Gasteiger partial charge in [0.25, 0.3) is 0 Å². The smallest absolute Gasteiger partial charge is 0.122 e. The van der Waals surface area contributed by atoms with Gasteiger partial charge in [-0.25, -0.2) is 0 Å². The molecule has 2 rings (SSSR count). The van der Waals surface area contributed by atoms with Crippen LogP contribution in [-0.2, 0) is 6.61 Å². The SMILES string of the molecule is CC(C)c1csc(COc2ccccc2)c1. The zero-order valence-corrected chi connectivity index (χ0v) is 10.5. The van der Waals surface area contributed by atoms with Crippen molar-refractivity contribution in [2.45, 2.75) is 26.4 Å². The number of ether oxygens (including phenoxy) is 1. The molecule has 0 atom stereocenters. The standard InChI is InChI=1S/C14H16OS/c1-11(2)12-8-14(16-10-12)9-15-13-6-4-3-5-7-13/h3-8,10-11H,9H2,1-2H3. The van der Waals surface area contributed by atoms with Crippen molar-refractivity contribution in [3.63, 3.8) is 0 Å². The van der Waals surface area contributed by atoms with Crippen molar-refractivity contribution in [1.29, 1.82) is 0 Å². The fourth-order valence-corrected chi connectivity index (χ4v) is 2.41. The van der Waals surface area contributed by atoms with Crippen molar-refractivity contribution in [1.82, 2.24) is 0 Å². The minimum absolute atomic E-state index is 0.599. The zero-order valence-electron chi connectivity index (χ0n) is 9.64. The van der Waals surface area contributed by atoms with E-state index in [2.05, 4.69) is 25.3 Å². The first-order chi connectivity index (χ1) is 7.75. The van der Waals surface area contributed by atoms with E-state index >= 15 is 0 Å². The fraction of sp³-hybridized carbons (Fsp3) is 0.286. The average Bonchev–Trinajstić information content (AvgIpc) is 2.76. The van der Waals surface area contributed by atoms with Crippen LogP contribution in [0.5, 0.6) is 5.75 Å². The Morgan fingerprint density at radius 1 is 1.19 bits per heavy atom. The van der Waals surface area contributed by atoms with Crippen LogP contribution in [0.15, 0.2) is 41.8 Å². The van der Waals surface area contributed by atoms with Gasteiger partial charge in [0.1, 0.15) is 12.4 Å². The maximum absolute atomic E-state index is 5.70. The largest absolute Gasteiger partial charge is 0.488 e. The molecule has 0 aliphatic heterocycles. The van der Waals surface area contributed by atoms with Crippen LogP contribution in [0.2, 0.25) is 0 Å². The number of rotatable bonds is 4. The predicted molar refractivity (Wildman–Crippen MR) is 69.2 cm³/mol. The molecule has 16 heavy (non-hydrogen) atoms. The van der Waals surface area contributed by atoms with Gasteiger partial charge in [-0.15, -0.1) is 11.3 Å². The van der Waals surface area contributed by atoms with Crippen LogP contribution >= 0.6 is 11.3 Å². The second kappa shape index (κ2) is 5.17. The molecule has 0 aliphatic carbocycles. The molecule has 2 heteroatoms. The molecule has 0 spiro atoms. The number of thiophene rings is 1. The molecule has 0 saturated carbocycles. The Morgan fingerprint density at radius 3 is 2.56 bits per heavy atom. The first-order valence-electron chi connectivity index (χ1n) is 5.51. The molecular formula is C14H16OS. The minimum Gasteiger partial charge on any atom is -0.488 e. The van der Waals surface area contributed by atoms with Crippen LogP contribution in [0.4, 0.5) is 0 Å². The van der Waals surface area contributed by atoms with E-state index in [1.54, 1.807) is 11.3 Å². The van der Waals surface area contributed by atoms with Crippen LogP contribution in [0.1, 0.15) is 30.2 Å². The Labute approximate surface area is 101 Å². The summed E-state index contributed by atoms with van der Waals surface area (Å²) in [4.78, 5) is 1.28. The molecule has 1 nitrogen and oxygen atoms in total. The van der Waals surface area contributed by atoms with E-state index in [0.717, 1.165) is 5.75 Å². The Kier molecular flexibility index (Phi) is 3.62. The first kappa shape index (κ1) is 11.2. The van der Waals surface area contributed by atoms with Crippen LogP contribution in [-0.4, -0.2) is 0 Å². The summed E-state index contributed by atoms with van der Waals surface area (Å²) in [6.07, 6.45) is 0. The van der Waals surface area contributed by atoms with E-state index in [1.165, 1.54) is 10.4 Å². The van der Waals surface area contributed by atoms with Gasteiger partial charge < -0.3 is 4.74 Å². The van der Waals surface area contributed by atoms with E-state index in [-0.39, 0.29) is 0 Å². The van der Waals surface area contributed by atoms with E-state index < -0.39 is 0 Å². The summed E-state index contributed by atoms with van der Waals surface area (Å²) in [6, 6.07) is 12.2. The third-order valence-corrected chi connectivity index (χ3v) is 3.39. The van der Waals surface area contributed by atoms with Gasteiger partial charge in [0.2, 0.25) is 0 Å². The minimum atomic E-state index is 0.599. The monoisotopic (exact) mass is 232 g/mol. The third kappa shape index (κ3) is 2.86. The molecule has 0 saturated heterocycles. The van der Waals surface area contributed by atoms with Crippen molar-refractivity contribution in [3.8, 4) is 5.75 Å². The normalized spacial score (nSPS) is 10.7. The van der Waals surface area contributed by atoms with Crippen LogP contribution in [0.3, 0.4) is 0 Å². The summed E-state index contributed by atoms with van der Waals surface area (Å²) in [5.74, 6) is 1.53. The van der Waals surface area contributed by atoms with Gasteiger partial charge in [-0.3, -0.25) is 0 Å². The summed E-state index contributed by atoms with van der Waals surface area (Å²) in [6.45, 7) is 5.09. The zero-order chi connectivity index (χ0) is 11.4. The Bertz CT molecular complexity index is 431. The van der Waals surface area contributed by atoms with Gasteiger partial charge in [-0.05, 0) is 35.1 Å². The van der Waals surface area contributed by atoms with Gasteiger partial charge in [-0.1, -0.05) is 32.0 Å². The number of hydrogen-bond acceptors (Lipinski definition) is 2. The van der Waals surface area contributed by atoms with Gasteiger partial charge in [0, 0.05) is 4.88 Å². The molecule has 1 aromatic heterocycles. The second-order valence-corrected chi connectivity index (χ2v) is 5.10. The lowest BCUT2D eigenvalue weighted by atomic mass is 10.1. The molecule has 2 aromatic rings.